The van der Waals surface area contributed by atoms with Crippen LogP contribution in [0.2, 0.25) is 0 Å². The van der Waals surface area contributed by atoms with Crippen LogP contribution in [0.25, 0.3) is 0 Å². The number of rotatable bonds is 8. The molecule has 3 N–H and O–H groups in total. The molecule has 0 radical (unpaired) electrons. The number of nitrogens with one attached hydrogen (secondary N) is 1. The molecule has 0 spiro atoms. The molecule has 0 unspecified atom stereocenters. The number of anilines is 1. The maximum Gasteiger partial charge on any atom is 0.274 e. The Morgan fingerprint density at radius 2 is 2.00 bits per heavy atom. The van der Waals surface area contributed by atoms with Crippen LogP contribution in [0.1, 0.15) is 38.2 Å². The van der Waals surface area contributed by atoms with Gasteiger partial charge in [0, 0.05) is 19.6 Å². The van der Waals surface area contributed by atoms with E-state index in [1.165, 1.54) is 6.20 Å². The number of nitrogen functional groups attached to an aromatic ring is 1. The van der Waals surface area contributed by atoms with E-state index in [0.29, 0.717) is 23.8 Å². The summed E-state index contributed by atoms with van der Waals surface area (Å²) in [4.78, 5) is 16.7. The van der Waals surface area contributed by atoms with E-state index in [1.54, 1.807) is 0 Å². The van der Waals surface area contributed by atoms with Crippen molar-refractivity contribution in [2.45, 2.75) is 27.7 Å². The van der Waals surface area contributed by atoms with Crippen molar-refractivity contribution in [1.82, 2.24) is 20.0 Å². The molecule has 6 heteroatoms. The molecule has 1 rings (SSSR count). The summed E-state index contributed by atoms with van der Waals surface area (Å²) in [5.41, 5.74) is 6.57. The Hall–Kier alpha value is -1.56. The van der Waals surface area contributed by atoms with E-state index in [0.717, 1.165) is 26.2 Å². The van der Waals surface area contributed by atoms with Crippen molar-refractivity contribution in [3.63, 3.8) is 0 Å². The number of hydrogen-bond donors (Lipinski definition) is 2. The van der Waals surface area contributed by atoms with Crippen molar-refractivity contribution in [2.24, 2.45) is 5.92 Å². The van der Waals surface area contributed by atoms with Gasteiger partial charge in [-0.25, -0.2) is 0 Å². The highest BCUT2D eigenvalue weighted by molar-refractivity contribution is 5.97. The zero-order chi connectivity index (χ0) is 15.1. The number of carbonyl (C=O) groups excluding carboxylic acids is 1. The first-order valence-corrected chi connectivity index (χ1v) is 7.30. The van der Waals surface area contributed by atoms with E-state index in [9.17, 15) is 4.79 Å². The van der Waals surface area contributed by atoms with Gasteiger partial charge in [-0.1, -0.05) is 27.7 Å². The molecule has 1 amide bonds. The van der Waals surface area contributed by atoms with Gasteiger partial charge in [0.15, 0.2) is 0 Å². The summed E-state index contributed by atoms with van der Waals surface area (Å²) in [5, 5.41) is 6.52. The van der Waals surface area contributed by atoms with Crippen LogP contribution in [0.15, 0.2) is 6.20 Å². The Kier molecular flexibility index (Phi) is 6.51. The van der Waals surface area contributed by atoms with E-state index in [2.05, 4.69) is 42.8 Å². The fourth-order valence-electron chi connectivity index (χ4n) is 2.14. The number of aromatic amines is 1. The Morgan fingerprint density at radius 3 is 2.45 bits per heavy atom. The highest BCUT2D eigenvalue weighted by Gasteiger charge is 2.20. The van der Waals surface area contributed by atoms with Crippen LogP contribution in [0.4, 0.5) is 5.69 Å². The number of aromatic nitrogens is 2. The molecule has 0 bridgehead atoms. The lowest BCUT2D eigenvalue weighted by Gasteiger charge is -2.27. The molecular weight excluding hydrogens is 254 g/mol. The lowest BCUT2D eigenvalue weighted by molar-refractivity contribution is 0.0711. The van der Waals surface area contributed by atoms with Gasteiger partial charge < -0.3 is 15.5 Å². The van der Waals surface area contributed by atoms with Crippen LogP contribution in [-0.2, 0) is 0 Å². The Labute approximate surface area is 121 Å². The summed E-state index contributed by atoms with van der Waals surface area (Å²) >= 11 is 0. The monoisotopic (exact) mass is 281 g/mol. The first-order chi connectivity index (χ1) is 9.49. The topological polar surface area (TPSA) is 78.2 Å². The summed E-state index contributed by atoms with van der Waals surface area (Å²) in [7, 11) is 0. The zero-order valence-corrected chi connectivity index (χ0v) is 13.0. The fraction of sp³-hybridized carbons (Fsp3) is 0.714. The van der Waals surface area contributed by atoms with Gasteiger partial charge in [-0.15, -0.1) is 0 Å². The van der Waals surface area contributed by atoms with Crippen LogP contribution >= 0.6 is 0 Å². The molecule has 6 nitrogen and oxygen atoms in total. The summed E-state index contributed by atoms with van der Waals surface area (Å²) in [5.74, 6) is 0.348. The highest BCUT2D eigenvalue weighted by atomic mass is 16.2. The fourth-order valence-corrected chi connectivity index (χ4v) is 2.14. The largest absolute Gasteiger partial charge is 0.396 e. The van der Waals surface area contributed by atoms with Crippen molar-refractivity contribution in [2.75, 3.05) is 38.5 Å². The van der Waals surface area contributed by atoms with Crippen molar-refractivity contribution in [3.8, 4) is 0 Å². The van der Waals surface area contributed by atoms with Crippen LogP contribution in [0, 0.1) is 5.92 Å². The number of hydrogen-bond acceptors (Lipinski definition) is 4. The van der Waals surface area contributed by atoms with Gasteiger partial charge in [-0.3, -0.25) is 9.89 Å². The number of likely N-dealkylation sites (N-methyl/N-ethyl adjacent to an activating group) is 1. The summed E-state index contributed by atoms with van der Waals surface area (Å²) < 4.78 is 0. The maximum atomic E-state index is 12.5. The normalized spacial score (nSPS) is 11.3. The molecule has 0 atom stereocenters. The molecular formula is C14H27N5O. The summed E-state index contributed by atoms with van der Waals surface area (Å²) in [6.45, 7) is 12.8. The molecule has 0 aromatic carbocycles. The van der Waals surface area contributed by atoms with Gasteiger partial charge in [0.05, 0.1) is 11.9 Å². The zero-order valence-electron chi connectivity index (χ0n) is 13.0. The molecule has 20 heavy (non-hydrogen) atoms. The molecule has 114 valence electrons. The number of nitrogens with zero attached hydrogens (tertiary/aromatic N) is 3. The molecule has 0 aliphatic carbocycles. The summed E-state index contributed by atoms with van der Waals surface area (Å²) in [6.07, 6.45) is 1.48. The first kappa shape index (κ1) is 16.5. The Balaban J connectivity index is 2.73. The van der Waals surface area contributed by atoms with Crippen LogP contribution in [-0.4, -0.2) is 58.6 Å². The Morgan fingerprint density at radius 1 is 1.35 bits per heavy atom. The van der Waals surface area contributed by atoms with E-state index in [1.807, 2.05) is 4.90 Å². The van der Waals surface area contributed by atoms with Crippen LogP contribution < -0.4 is 5.73 Å². The highest BCUT2D eigenvalue weighted by Crippen LogP contribution is 2.11. The Bertz CT molecular complexity index is 411. The predicted molar refractivity (Wildman–Crippen MR) is 81.5 cm³/mol. The third kappa shape index (κ3) is 4.52. The van der Waals surface area contributed by atoms with Gasteiger partial charge in [-0.2, -0.15) is 5.10 Å². The van der Waals surface area contributed by atoms with Gasteiger partial charge in [0.2, 0.25) is 0 Å². The minimum absolute atomic E-state index is 0.0687. The molecule has 1 aromatic rings. The minimum Gasteiger partial charge on any atom is -0.396 e. The third-order valence-corrected chi connectivity index (χ3v) is 3.34. The lowest BCUT2D eigenvalue weighted by Crippen LogP contribution is -2.41. The second-order valence-corrected chi connectivity index (χ2v) is 5.37. The van der Waals surface area contributed by atoms with Crippen molar-refractivity contribution >= 4 is 11.6 Å². The minimum atomic E-state index is -0.0687. The van der Waals surface area contributed by atoms with Gasteiger partial charge in [0.1, 0.15) is 5.69 Å². The predicted octanol–water partition coefficient (Wildman–Crippen LogP) is 1.43. The number of nitrogens with two attached hydrogens (primary N) is 1. The number of amides is 1. The van der Waals surface area contributed by atoms with E-state index >= 15 is 0 Å². The van der Waals surface area contributed by atoms with Crippen LogP contribution in [0.5, 0.6) is 0 Å². The van der Waals surface area contributed by atoms with Crippen LogP contribution in [0.3, 0.4) is 0 Å². The SMILES string of the molecule is CCN(CC)CCN(CC(C)C)C(=O)c1[nH]ncc1N. The molecule has 0 aliphatic heterocycles. The summed E-state index contributed by atoms with van der Waals surface area (Å²) in [6, 6.07) is 0. The lowest BCUT2D eigenvalue weighted by atomic mass is 10.2. The average Bonchev–Trinajstić information content (AvgIpc) is 2.83. The smallest absolute Gasteiger partial charge is 0.274 e. The van der Waals surface area contributed by atoms with Crippen molar-refractivity contribution < 1.29 is 4.79 Å². The average molecular weight is 281 g/mol. The second kappa shape index (κ2) is 7.89. The molecule has 0 aliphatic rings. The molecule has 0 saturated heterocycles. The number of H-pyrrole nitrogens is 1. The van der Waals surface area contributed by atoms with E-state index in [-0.39, 0.29) is 5.91 Å². The second-order valence-electron chi connectivity index (χ2n) is 5.37. The number of carbonyl (C=O) groups is 1. The van der Waals surface area contributed by atoms with Crippen molar-refractivity contribution in [3.05, 3.63) is 11.9 Å². The van der Waals surface area contributed by atoms with Crippen molar-refractivity contribution in [1.29, 1.82) is 0 Å². The molecule has 0 saturated carbocycles. The molecule has 1 heterocycles. The maximum absolute atomic E-state index is 12.5. The van der Waals surface area contributed by atoms with E-state index in [4.69, 9.17) is 5.73 Å². The molecule has 1 aromatic heterocycles. The van der Waals surface area contributed by atoms with Gasteiger partial charge >= 0.3 is 0 Å². The third-order valence-electron chi connectivity index (χ3n) is 3.34. The standard InChI is InChI=1S/C14H27N5O/c1-5-18(6-2)7-8-19(10-11(3)4)14(20)13-12(15)9-16-17-13/h9,11H,5-8,10,15H2,1-4H3,(H,16,17). The first-order valence-electron chi connectivity index (χ1n) is 7.30. The molecule has 0 fully saturated rings. The van der Waals surface area contributed by atoms with Gasteiger partial charge in [-0.05, 0) is 19.0 Å². The van der Waals surface area contributed by atoms with E-state index < -0.39 is 0 Å². The quantitative estimate of drug-likeness (QED) is 0.755. The van der Waals surface area contributed by atoms with Gasteiger partial charge in [0.25, 0.3) is 5.91 Å².